The molecule has 1 aliphatic carbocycles. The summed E-state index contributed by atoms with van der Waals surface area (Å²) >= 11 is 0. The van der Waals surface area contributed by atoms with Crippen molar-refractivity contribution in [2.75, 3.05) is 0 Å². The van der Waals surface area contributed by atoms with Crippen LogP contribution in [0.1, 0.15) is 54.9 Å². The van der Waals surface area contributed by atoms with Crippen molar-refractivity contribution >= 4 is 11.6 Å². The van der Waals surface area contributed by atoms with Crippen LogP contribution in [0.15, 0.2) is 22.8 Å². The monoisotopic (exact) mass is 291 g/mol. The molecule has 21 heavy (non-hydrogen) atoms. The number of rotatable bonds is 4. The Bertz CT molecular complexity index is 509. The Morgan fingerprint density at radius 1 is 1.24 bits per heavy atom. The minimum Gasteiger partial charge on any atom is -0.324 e. The molecule has 0 spiro atoms. The van der Waals surface area contributed by atoms with Crippen molar-refractivity contribution in [3.8, 4) is 0 Å². The minimum absolute atomic E-state index is 0.0125. The third kappa shape index (κ3) is 3.52. The van der Waals surface area contributed by atoms with Gasteiger partial charge in [0.05, 0.1) is 0 Å². The minimum atomic E-state index is -0.346. The van der Waals surface area contributed by atoms with E-state index in [9.17, 15) is 9.59 Å². The van der Waals surface area contributed by atoms with Crippen molar-refractivity contribution in [2.45, 2.75) is 60.9 Å². The van der Waals surface area contributed by atoms with Crippen LogP contribution in [0.5, 0.6) is 0 Å². The summed E-state index contributed by atoms with van der Waals surface area (Å²) in [7, 11) is 0. The first-order chi connectivity index (χ1) is 9.50. The molecule has 118 valence electrons. The van der Waals surface area contributed by atoms with Gasteiger partial charge in [0, 0.05) is 23.5 Å². The maximum Gasteiger partial charge on any atom is 0.163 e. The first-order valence-corrected chi connectivity index (χ1v) is 7.72. The van der Waals surface area contributed by atoms with Crippen LogP contribution in [-0.4, -0.2) is 17.6 Å². The van der Waals surface area contributed by atoms with Crippen LogP contribution >= 0.6 is 0 Å². The van der Waals surface area contributed by atoms with Crippen LogP contribution < -0.4 is 5.73 Å². The summed E-state index contributed by atoms with van der Waals surface area (Å²) in [6.07, 6.45) is 2.80. The highest BCUT2D eigenvalue weighted by atomic mass is 16.1. The predicted octanol–water partition coefficient (Wildman–Crippen LogP) is 3.44. The van der Waals surface area contributed by atoms with Gasteiger partial charge >= 0.3 is 0 Å². The predicted molar refractivity (Wildman–Crippen MR) is 86.8 cm³/mol. The molecular weight excluding hydrogens is 262 g/mol. The summed E-state index contributed by atoms with van der Waals surface area (Å²) in [6, 6.07) is 0.0125. The molecule has 3 nitrogen and oxygen atoms in total. The Morgan fingerprint density at radius 3 is 2.19 bits per heavy atom. The summed E-state index contributed by atoms with van der Waals surface area (Å²) in [5, 5.41) is 0. The summed E-state index contributed by atoms with van der Waals surface area (Å²) in [5.41, 5.74) is 7.96. The van der Waals surface area contributed by atoms with Gasteiger partial charge < -0.3 is 5.73 Å². The van der Waals surface area contributed by atoms with Gasteiger partial charge in [-0.1, -0.05) is 39.3 Å². The van der Waals surface area contributed by atoms with E-state index in [2.05, 4.69) is 6.08 Å². The molecule has 0 aromatic carbocycles. The summed E-state index contributed by atoms with van der Waals surface area (Å²) in [5.74, 6) is -0.207. The number of hydrogen-bond donors (Lipinski definition) is 1. The SMILES string of the molecule is CC1=C(C(C)(C)C/C=C(\C)C(C)N)C(=O)C(C)C(C)C1=O. The topological polar surface area (TPSA) is 60.2 Å². The summed E-state index contributed by atoms with van der Waals surface area (Å²) < 4.78 is 0. The fraction of sp³-hybridized carbons (Fsp3) is 0.667. The smallest absolute Gasteiger partial charge is 0.163 e. The number of Topliss-reactive ketones (excluding diaryl/α,β-unsaturated/α-hetero) is 2. The van der Waals surface area contributed by atoms with E-state index in [-0.39, 0.29) is 34.9 Å². The Balaban J connectivity index is 3.19. The lowest BCUT2D eigenvalue weighted by atomic mass is 9.67. The number of ketones is 2. The Hall–Kier alpha value is -1.22. The first kappa shape index (κ1) is 17.8. The van der Waals surface area contributed by atoms with E-state index in [4.69, 9.17) is 5.73 Å². The van der Waals surface area contributed by atoms with E-state index in [1.54, 1.807) is 6.92 Å². The van der Waals surface area contributed by atoms with E-state index in [0.717, 1.165) is 5.57 Å². The second-order valence-corrected chi connectivity index (χ2v) is 7.13. The van der Waals surface area contributed by atoms with E-state index < -0.39 is 0 Å². The Labute approximate surface area is 128 Å². The highest BCUT2D eigenvalue weighted by Crippen LogP contribution is 2.40. The fourth-order valence-corrected chi connectivity index (χ4v) is 2.88. The number of hydrogen-bond acceptors (Lipinski definition) is 3. The number of carbonyl (C=O) groups is 2. The zero-order chi connectivity index (χ0) is 16.5. The third-order valence-corrected chi connectivity index (χ3v) is 4.90. The van der Waals surface area contributed by atoms with E-state index in [1.807, 2.05) is 41.5 Å². The van der Waals surface area contributed by atoms with Gasteiger partial charge in [-0.15, -0.1) is 0 Å². The van der Waals surface area contributed by atoms with Crippen LogP contribution in [0.25, 0.3) is 0 Å². The van der Waals surface area contributed by atoms with Crippen molar-refractivity contribution < 1.29 is 9.59 Å². The molecule has 3 atom stereocenters. The van der Waals surface area contributed by atoms with Crippen LogP contribution in [-0.2, 0) is 9.59 Å². The van der Waals surface area contributed by atoms with Crippen LogP contribution in [0.4, 0.5) is 0 Å². The van der Waals surface area contributed by atoms with Crippen LogP contribution in [0, 0.1) is 17.3 Å². The highest BCUT2D eigenvalue weighted by Gasteiger charge is 2.41. The normalized spacial score (nSPS) is 26.4. The summed E-state index contributed by atoms with van der Waals surface area (Å²) in [6.45, 7) is 13.5. The van der Waals surface area contributed by atoms with Gasteiger partial charge in [0.25, 0.3) is 0 Å². The quantitative estimate of drug-likeness (QED) is 0.807. The molecule has 1 aliphatic rings. The van der Waals surface area contributed by atoms with Crippen molar-refractivity contribution in [3.63, 3.8) is 0 Å². The Morgan fingerprint density at radius 2 is 1.71 bits per heavy atom. The zero-order valence-electron chi connectivity index (χ0n) is 14.4. The molecule has 0 bridgehead atoms. The maximum absolute atomic E-state index is 12.7. The molecule has 0 aromatic rings. The molecule has 0 heterocycles. The summed E-state index contributed by atoms with van der Waals surface area (Å²) in [4.78, 5) is 25.0. The van der Waals surface area contributed by atoms with Gasteiger partial charge in [0.15, 0.2) is 11.6 Å². The van der Waals surface area contributed by atoms with Crippen LogP contribution in [0.3, 0.4) is 0 Å². The van der Waals surface area contributed by atoms with Crippen molar-refractivity contribution in [2.24, 2.45) is 23.0 Å². The molecular formula is C18H29NO2. The van der Waals surface area contributed by atoms with E-state index >= 15 is 0 Å². The standard InChI is InChI=1S/C18H29NO2/c1-10(14(5)19)8-9-18(6,7)15-13(4)16(20)11(2)12(3)17(15)21/h8,11-12,14H,9,19H2,1-7H3/b10-8+. The number of allylic oxidation sites excluding steroid dienone is 3. The molecule has 0 saturated carbocycles. The molecule has 0 saturated heterocycles. The first-order valence-electron chi connectivity index (χ1n) is 7.72. The second-order valence-electron chi connectivity index (χ2n) is 7.13. The van der Waals surface area contributed by atoms with Crippen LogP contribution in [0.2, 0.25) is 0 Å². The van der Waals surface area contributed by atoms with Gasteiger partial charge in [-0.2, -0.15) is 0 Å². The van der Waals surface area contributed by atoms with Gasteiger partial charge in [0.2, 0.25) is 0 Å². The molecule has 3 heteroatoms. The molecule has 3 unspecified atom stereocenters. The average molecular weight is 291 g/mol. The van der Waals surface area contributed by atoms with Gasteiger partial charge in [-0.25, -0.2) is 0 Å². The molecule has 1 rings (SSSR count). The van der Waals surface area contributed by atoms with Gasteiger partial charge in [-0.05, 0) is 38.2 Å². The molecule has 2 N–H and O–H groups in total. The van der Waals surface area contributed by atoms with Crippen molar-refractivity contribution in [1.82, 2.24) is 0 Å². The Kier molecular flexibility index (Phi) is 5.32. The van der Waals surface area contributed by atoms with Gasteiger partial charge in [-0.3, -0.25) is 9.59 Å². The highest BCUT2D eigenvalue weighted by molar-refractivity contribution is 6.13. The average Bonchev–Trinajstić information content (AvgIpc) is 2.40. The number of carbonyl (C=O) groups excluding carboxylic acids is 2. The van der Waals surface area contributed by atoms with Crippen molar-refractivity contribution in [1.29, 1.82) is 0 Å². The lowest BCUT2D eigenvalue weighted by molar-refractivity contribution is -0.130. The molecule has 0 fully saturated rings. The molecule has 0 aliphatic heterocycles. The third-order valence-electron chi connectivity index (χ3n) is 4.90. The number of nitrogens with two attached hydrogens (primary N) is 1. The second kappa shape index (κ2) is 6.27. The molecule has 0 amide bonds. The maximum atomic E-state index is 12.7. The molecule has 0 radical (unpaired) electrons. The largest absolute Gasteiger partial charge is 0.324 e. The lowest BCUT2D eigenvalue weighted by Gasteiger charge is -2.35. The lowest BCUT2D eigenvalue weighted by Crippen LogP contribution is -2.38. The van der Waals surface area contributed by atoms with Crippen molar-refractivity contribution in [3.05, 3.63) is 22.8 Å². The van der Waals surface area contributed by atoms with Gasteiger partial charge in [0.1, 0.15) is 0 Å². The van der Waals surface area contributed by atoms with E-state index in [1.165, 1.54) is 0 Å². The fourth-order valence-electron chi connectivity index (χ4n) is 2.88. The zero-order valence-corrected chi connectivity index (χ0v) is 14.4. The molecule has 0 aromatic heterocycles. The van der Waals surface area contributed by atoms with E-state index in [0.29, 0.717) is 17.6 Å².